The molecule has 9 nitrogen and oxygen atoms in total. The van der Waals surface area contributed by atoms with E-state index in [4.69, 9.17) is 9.15 Å². The fourth-order valence-corrected chi connectivity index (χ4v) is 4.44. The fraction of sp³-hybridized carbons (Fsp3) is 0.308. The van der Waals surface area contributed by atoms with E-state index in [0.29, 0.717) is 38.5 Å². The van der Waals surface area contributed by atoms with E-state index in [1.54, 1.807) is 19.2 Å². The van der Waals surface area contributed by atoms with Crippen LogP contribution in [-0.4, -0.2) is 69.2 Å². The average Bonchev–Trinajstić information content (AvgIpc) is 3.59. The molecule has 5 rings (SSSR count). The van der Waals surface area contributed by atoms with Crippen LogP contribution < -0.4 is 4.74 Å². The molecule has 1 atom stereocenters. The van der Waals surface area contributed by atoms with Crippen LogP contribution in [-0.2, 0) is 6.54 Å². The molecule has 1 amide bonds. The lowest BCUT2D eigenvalue weighted by atomic mass is 10.0. The number of ether oxygens (including phenoxy) is 1. The second kappa shape index (κ2) is 10.1. The van der Waals surface area contributed by atoms with Gasteiger partial charge in [-0.1, -0.05) is 42.0 Å². The van der Waals surface area contributed by atoms with Gasteiger partial charge in [0.2, 0.25) is 0 Å². The Bertz CT molecular complexity index is 1240. The number of hydrogen-bond acceptors (Lipinski definition) is 7. The van der Waals surface area contributed by atoms with E-state index in [1.165, 1.54) is 11.8 Å². The maximum Gasteiger partial charge on any atom is 0.289 e. The Morgan fingerprint density at radius 1 is 1.03 bits per heavy atom. The molecule has 0 radical (unpaired) electrons. The van der Waals surface area contributed by atoms with Crippen molar-refractivity contribution in [2.24, 2.45) is 0 Å². The highest BCUT2D eigenvalue weighted by molar-refractivity contribution is 5.91. The first-order valence-electron chi connectivity index (χ1n) is 11.6. The zero-order valence-electron chi connectivity index (χ0n) is 19.9. The van der Waals surface area contributed by atoms with E-state index >= 15 is 0 Å². The van der Waals surface area contributed by atoms with Gasteiger partial charge in [-0.15, -0.1) is 5.10 Å². The lowest BCUT2D eigenvalue weighted by Gasteiger charge is -2.38. The molecule has 35 heavy (non-hydrogen) atoms. The fourth-order valence-electron chi connectivity index (χ4n) is 4.44. The number of aromatic nitrogens is 4. The third kappa shape index (κ3) is 4.95. The molecule has 0 saturated carbocycles. The zero-order chi connectivity index (χ0) is 24.2. The summed E-state index contributed by atoms with van der Waals surface area (Å²) in [5.41, 5.74) is 3.39. The van der Waals surface area contributed by atoms with Crippen LogP contribution in [0.3, 0.4) is 0 Å². The van der Waals surface area contributed by atoms with Gasteiger partial charge in [0, 0.05) is 26.2 Å². The Morgan fingerprint density at radius 2 is 1.77 bits per heavy atom. The van der Waals surface area contributed by atoms with E-state index in [-0.39, 0.29) is 11.9 Å². The lowest BCUT2D eigenvalue weighted by Crippen LogP contribution is -2.50. The number of methoxy groups -OCH3 is 1. The SMILES string of the molecule is COc1ccc(Cn2nnnc2[C@H](c2ccc(C)cc2)N2CCN(C(=O)c3ccco3)CC2)cc1. The molecule has 9 heteroatoms. The van der Waals surface area contributed by atoms with Crippen molar-refractivity contribution in [3.05, 3.63) is 95.2 Å². The number of furan rings is 1. The zero-order valence-corrected chi connectivity index (χ0v) is 19.9. The molecule has 1 saturated heterocycles. The van der Waals surface area contributed by atoms with E-state index in [2.05, 4.69) is 51.6 Å². The summed E-state index contributed by atoms with van der Waals surface area (Å²) in [7, 11) is 1.66. The van der Waals surface area contributed by atoms with Crippen molar-refractivity contribution in [3.8, 4) is 5.75 Å². The molecule has 3 heterocycles. The molecule has 180 valence electrons. The quantitative estimate of drug-likeness (QED) is 0.408. The van der Waals surface area contributed by atoms with Crippen LogP contribution in [0.15, 0.2) is 71.3 Å². The van der Waals surface area contributed by atoms with Gasteiger partial charge >= 0.3 is 0 Å². The maximum atomic E-state index is 12.7. The van der Waals surface area contributed by atoms with Crippen molar-refractivity contribution >= 4 is 5.91 Å². The molecule has 0 N–H and O–H groups in total. The standard InChI is InChI=1S/C26H28N6O3/c1-19-5-9-21(10-6-19)24(30-13-15-31(16-14-30)26(33)23-4-3-17-35-23)25-27-28-29-32(25)18-20-7-11-22(34-2)12-8-20/h3-12,17,24H,13-16,18H2,1-2H3/t24-/m0/s1. The maximum absolute atomic E-state index is 12.7. The largest absolute Gasteiger partial charge is 0.497 e. The van der Waals surface area contributed by atoms with Gasteiger partial charge in [-0.3, -0.25) is 9.69 Å². The van der Waals surface area contributed by atoms with Crippen LogP contribution in [0.2, 0.25) is 0 Å². The van der Waals surface area contributed by atoms with E-state index in [9.17, 15) is 4.79 Å². The molecule has 1 aliphatic heterocycles. The molecule has 2 aromatic heterocycles. The predicted octanol–water partition coefficient (Wildman–Crippen LogP) is 3.18. The number of amides is 1. The first-order chi connectivity index (χ1) is 17.1. The Hall–Kier alpha value is -3.98. The van der Waals surface area contributed by atoms with E-state index in [0.717, 1.165) is 22.7 Å². The summed E-state index contributed by atoms with van der Waals surface area (Å²) in [5, 5.41) is 12.8. The van der Waals surface area contributed by atoms with Crippen molar-refractivity contribution < 1.29 is 13.9 Å². The highest BCUT2D eigenvalue weighted by Gasteiger charge is 2.32. The second-order valence-corrected chi connectivity index (χ2v) is 8.66. The Morgan fingerprint density at radius 3 is 2.43 bits per heavy atom. The summed E-state index contributed by atoms with van der Waals surface area (Å²) >= 11 is 0. The normalized spacial score (nSPS) is 15.2. The smallest absolute Gasteiger partial charge is 0.289 e. The van der Waals surface area contributed by atoms with Crippen molar-refractivity contribution in [1.29, 1.82) is 0 Å². The minimum absolute atomic E-state index is 0.0779. The lowest BCUT2D eigenvalue weighted by molar-refractivity contribution is 0.0559. The summed E-state index contributed by atoms with van der Waals surface area (Å²) < 4.78 is 12.4. The molecule has 0 aliphatic carbocycles. The van der Waals surface area contributed by atoms with Gasteiger partial charge in [-0.25, -0.2) is 4.68 Å². The summed E-state index contributed by atoms with van der Waals surface area (Å²) in [6.07, 6.45) is 1.53. The molecule has 4 aromatic rings. The van der Waals surface area contributed by atoms with Gasteiger partial charge in [0.1, 0.15) is 5.75 Å². The first-order valence-corrected chi connectivity index (χ1v) is 11.6. The number of aryl methyl sites for hydroxylation is 1. The van der Waals surface area contributed by atoms with Crippen LogP contribution in [0, 0.1) is 6.92 Å². The number of tetrazole rings is 1. The van der Waals surface area contributed by atoms with Crippen LogP contribution in [0.4, 0.5) is 0 Å². The van der Waals surface area contributed by atoms with E-state index < -0.39 is 0 Å². The number of piperazine rings is 1. The number of carbonyl (C=O) groups excluding carboxylic acids is 1. The molecule has 0 unspecified atom stereocenters. The summed E-state index contributed by atoms with van der Waals surface area (Å²) in [4.78, 5) is 16.9. The van der Waals surface area contributed by atoms with Crippen molar-refractivity contribution in [1.82, 2.24) is 30.0 Å². The van der Waals surface area contributed by atoms with Gasteiger partial charge in [-0.2, -0.15) is 0 Å². The number of nitrogens with zero attached hydrogens (tertiary/aromatic N) is 6. The molecule has 1 fully saturated rings. The number of benzene rings is 2. The Balaban J connectivity index is 1.39. The molecule has 1 aliphatic rings. The van der Waals surface area contributed by atoms with Crippen LogP contribution >= 0.6 is 0 Å². The minimum Gasteiger partial charge on any atom is -0.497 e. The monoisotopic (exact) mass is 472 g/mol. The first kappa shape index (κ1) is 22.8. The summed E-state index contributed by atoms with van der Waals surface area (Å²) in [6, 6.07) is 19.7. The third-order valence-electron chi connectivity index (χ3n) is 6.39. The van der Waals surface area contributed by atoms with Gasteiger partial charge in [0.25, 0.3) is 5.91 Å². The Labute approximate surface area is 203 Å². The van der Waals surface area contributed by atoms with Crippen molar-refractivity contribution in [3.63, 3.8) is 0 Å². The summed E-state index contributed by atoms with van der Waals surface area (Å²) in [5.74, 6) is 1.88. The van der Waals surface area contributed by atoms with Crippen molar-refractivity contribution in [2.45, 2.75) is 19.5 Å². The van der Waals surface area contributed by atoms with Gasteiger partial charge in [0.05, 0.1) is 26.0 Å². The molecule has 0 spiro atoms. The molecule has 0 bridgehead atoms. The Kier molecular flexibility index (Phi) is 6.58. The second-order valence-electron chi connectivity index (χ2n) is 8.66. The van der Waals surface area contributed by atoms with Crippen LogP contribution in [0.5, 0.6) is 5.75 Å². The third-order valence-corrected chi connectivity index (χ3v) is 6.39. The average molecular weight is 473 g/mol. The highest BCUT2D eigenvalue weighted by Crippen LogP contribution is 2.29. The number of hydrogen-bond donors (Lipinski definition) is 0. The van der Waals surface area contributed by atoms with Gasteiger partial charge < -0.3 is 14.1 Å². The highest BCUT2D eigenvalue weighted by atomic mass is 16.5. The topological polar surface area (TPSA) is 89.5 Å². The summed E-state index contributed by atoms with van der Waals surface area (Å²) in [6.45, 7) is 5.21. The van der Waals surface area contributed by atoms with E-state index in [1.807, 2.05) is 33.8 Å². The molecule has 2 aromatic carbocycles. The number of rotatable bonds is 7. The predicted molar refractivity (Wildman–Crippen MR) is 129 cm³/mol. The van der Waals surface area contributed by atoms with Crippen LogP contribution in [0.25, 0.3) is 0 Å². The van der Waals surface area contributed by atoms with Gasteiger partial charge in [0.15, 0.2) is 11.6 Å². The molecular weight excluding hydrogens is 444 g/mol. The van der Waals surface area contributed by atoms with Crippen molar-refractivity contribution in [2.75, 3.05) is 33.3 Å². The van der Waals surface area contributed by atoms with Gasteiger partial charge in [-0.05, 0) is 52.7 Å². The number of carbonyl (C=O) groups is 1. The minimum atomic E-state index is -0.135. The molecular formula is C26H28N6O3. The van der Waals surface area contributed by atoms with Crippen LogP contribution in [0.1, 0.15) is 39.1 Å².